The van der Waals surface area contributed by atoms with E-state index in [-0.39, 0.29) is 24.6 Å². The van der Waals surface area contributed by atoms with Crippen molar-refractivity contribution in [3.05, 3.63) is 64.7 Å². The minimum atomic E-state index is -4.48. The molecule has 0 aromatic heterocycles. The highest BCUT2D eigenvalue weighted by Crippen LogP contribution is 2.33. The van der Waals surface area contributed by atoms with Gasteiger partial charge in [-0.25, -0.2) is 0 Å². The van der Waals surface area contributed by atoms with Crippen LogP contribution in [-0.2, 0) is 12.6 Å². The van der Waals surface area contributed by atoms with E-state index in [1.165, 1.54) is 11.0 Å². The Morgan fingerprint density at radius 1 is 1.17 bits per heavy atom. The first-order valence-electron chi connectivity index (χ1n) is 7.32. The average molecular weight is 336 g/mol. The van der Waals surface area contributed by atoms with E-state index < -0.39 is 18.0 Å². The summed E-state index contributed by atoms with van der Waals surface area (Å²) in [4.78, 5) is 13.5. The van der Waals surface area contributed by atoms with Crippen molar-refractivity contribution in [3.63, 3.8) is 0 Å². The lowest BCUT2D eigenvalue weighted by atomic mass is 10.1. The van der Waals surface area contributed by atoms with Crippen molar-refractivity contribution in [2.45, 2.75) is 18.8 Å². The number of aliphatic hydroxyl groups is 1. The Labute approximate surface area is 136 Å². The summed E-state index contributed by atoms with van der Waals surface area (Å²) in [5, 5.41) is 10.2. The maximum atomic E-state index is 12.8. The lowest BCUT2D eigenvalue weighted by molar-refractivity contribution is -0.137. The van der Waals surface area contributed by atoms with Gasteiger partial charge in [-0.3, -0.25) is 4.79 Å². The Morgan fingerprint density at radius 3 is 2.54 bits per heavy atom. The summed E-state index contributed by atoms with van der Waals surface area (Å²) in [6, 6.07) is 10.00. The van der Waals surface area contributed by atoms with Gasteiger partial charge in [-0.2, -0.15) is 13.2 Å². The van der Waals surface area contributed by atoms with Crippen LogP contribution in [0.25, 0.3) is 0 Å². The Kier molecular flexibility index (Phi) is 3.96. The minimum Gasteiger partial charge on any atom is -0.399 e. The van der Waals surface area contributed by atoms with Crippen LogP contribution in [-0.4, -0.2) is 22.5 Å². The van der Waals surface area contributed by atoms with Gasteiger partial charge in [-0.05, 0) is 36.2 Å². The molecular formula is C17H15F3N2O2. The van der Waals surface area contributed by atoms with Crippen molar-refractivity contribution >= 4 is 11.6 Å². The van der Waals surface area contributed by atoms with E-state index in [4.69, 9.17) is 5.73 Å². The van der Waals surface area contributed by atoms with Gasteiger partial charge < -0.3 is 15.7 Å². The number of aliphatic hydroxyl groups excluding tert-OH is 1. The van der Waals surface area contributed by atoms with Crippen LogP contribution in [0, 0.1) is 0 Å². The van der Waals surface area contributed by atoms with E-state index in [1.54, 1.807) is 24.3 Å². The number of hydrogen-bond acceptors (Lipinski definition) is 3. The molecular weight excluding hydrogens is 321 g/mol. The molecule has 0 saturated carbocycles. The van der Waals surface area contributed by atoms with Gasteiger partial charge in [-0.15, -0.1) is 0 Å². The maximum absolute atomic E-state index is 12.8. The number of benzene rings is 2. The summed E-state index contributed by atoms with van der Waals surface area (Å²) in [5.74, 6) is -0.335. The Hall–Kier alpha value is -2.54. The Morgan fingerprint density at radius 2 is 1.88 bits per heavy atom. The summed E-state index contributed by atoms with van der Waals surface area (Å²) < 4.78 is 38.5. The minimum absolute atomic E-state index is 0.0106. The fourth-order valence-electron chi connectivity index (χ4n) is 2.85. The zero-order valence-electron chi connectivity index (χ0n) is 12.5. The van der Waals surface area contributed by atoms with Gasteiger partial charge in [0.2, 0.25) is 0 Å². The number of rotatable bonds is 3. The molecule has 1 aliphatic heterocycles. The number of nitrogen functional groups attached to an aromatic ring is 1. The third-order valence-electron chi connectivity index (χ3n) is 4.01. The quantitative estimate of drug-likeness (QED) is 0.847. The molecule has 0 spiro atoms. The molecule has 2 aromatic carbocycles. The molecule has 1 aliphatic rings. The molecule has 2 aromatic rings. The van der Waals surface area contributed by atoms with Crippen molar-refractivity contribution < 1.29 is 23.1 Å². The van der Waals surface area contributed by atoms with Crippen LogP contribution in [0.2, 0.25) is 0 Å². The second-order valence-corrected chi connectivity index (χ2v) is 5.67. The van der Waals surface area contributed by atoms with E-state index in [9.17, 15) is 23.1 Å². The zero-order chi connectivity index (χ0) is 17.5. The molecule has 0 bridgehead atoms. The molecule has 7 heteroatoms. The lowest BCUT2D eigenvalue weighted by Crippen LogP contribution is -2.30. The fourth-order valence-corrected chi connectivity index (χ4v) is 2.85. The highest BCUT2D eigenvalue weighted by Gasteiger charge is 2.35. The largest absolute Gasteiger partial charge is 0.416 e. The molecule has 3 rings (SSSR count). The van der Waals surface area contributed by atoms with Crippen molar-refractivity contribution in [1.29, 1.82) is 0 Å². The highest BCUT2D eigenvalue weighted by atomic mass is 19.4. The number of anilines is 1. The predicted molar refractivity (Wildman–Crippen MR) is 82.0 cm³/mol. The van der Waals surface area contributed by atoms with Crippen LogP contribution < -0.4 is 5.73 Å². The molecule has 3 N–H and O–H groups in total. The molecule has 0 saturated heterocycles. The third-order valence-corrected chi connectivity index (χ3v) is 4.01. The van der Waals surface area contributed by atoms with Crippen LogP contribution in [0.15, 0.2) is 42.5 Å². The van der Waals surface area contributed by atoms with E-state index in [2.05, 4.69) is 0 Å². The number of fused-ring (bicyclic) bond motifs is 1. The van der Waals surface area contributed by atoms with Crippen LogP contribution in [0.4, 0.5) is 18.9 Å². The number of amides is 1. The molecule has 0 radical (unpaired) electrons. The van der Waals surface area contributed by atoms with Gasteiger partial charge in [-0.1, -0.05) is 18.2 Å². The third kappa shape index (κ3) is 2.94. The number of hydrogen-bond donors (Lipinski definition) is 2. The summed E-state index contributed by atoms with van der Waals surface area (Å²) in [6.07, 6.45) is -5.41. The normalized spacial score (nSPS) is 17.2. The van der Waals surface area contributed by atoms with Crippen molar-refractivity contribution in [2.24, 2.45) is 0 Å². The average Bonchev–Trinajstić information content (AvgIpc) is 2.76. The molecule has 24 heavy (non-hydrogen) atoms. The van der Waals surface area contributed by atoms with Gasteiger partial charge in [0.25, 0.3) is 5.91 Å². The Bertz CT molecular complexity index is 790. The summed E-state index contributed by atoms with van der Waals surface area (Å²) in [6.45, 7) is 0.0927. The maximum Gasteiger partial charge on any atom is 0.416 e. The van der Waals surface area contributed by atoms with E-state index in [0.29, 0.717) is 16.7 Å². The van der Waals surface area contributed by atoms with E-state index >= 15 is 0 Å². The highest BCUT2D eigenvalue weighted by molar-refractivity contribution is 5.98. The van der Waals surface area contributed by atoms with Crippen molar-refractivity contribution in [2.75, 3.05) is 12.3 Å². The molecule has 1 atom stereocenters. The van der Waals surface area contributed by atoms with E-state index in [0.717, 1.165) is 12.1 Å². The van der Waals surface area contributed by atoms with Gasteiger partial charge in [0.15, 0.2) is 6.23 Å². The first kappa shape index (κ1) is 16.3. The predicted octanol–water partition coefficient (Wildman–Crippen LogP) is 2.98. The first-order chi connectivity index (χ1) is 11.3. The van der Waals surface area contributed by atoms with Gasteiger partial charge in [0.05, 0.1) is 5.56 Å². The van der Waals surface area contributed by atoms with Crippen molar-refractivity contribution in [3.8, 4) is 0 Å². The molecule has 4 nitrogen and oxygen atoms in total. The zero-order valence-corrected chi connectivity index (χ0v) is 12.5. The van der Waals surface area contributed by atoms with Gasteiger partial charge in [0, 0.05) is 23.4 Å². The number of carbonyl (C=O) groups excluding carboxylic acids is 1. The number of nitrogens with zero attached hydrogens (tertiary/aromatic N) is 1. The topological polar surface area (TPSA) is 66.6 Å². The fraction of sp³-hybridized carbons (Fsp3) is 0.235. The smallest absolute Gasteiger partial charge is 0.399 e. The van der Waals surface area contributed by atoms with Crippen molar-refractivity contribution in [1.82, 2.24) is 4.90 Å². The molecule has 0 aliphatic carbocycles. The SMILES string of the molecule is Nc1cc(CCN2C(=O)c3ccccc3C2O)cc(C(F)(F)F)c1. The van der Waals surface area contributed by atoms with Crippen LogP contribution >= 0.6 is 0 Å². The standard InChI is InChI=1S/C17H15F3N2O2/c18-17(19,20)11-7-10(8-12(21)9-11)5-6-22-15(23)13-3-1-2-4-14(13)16(22)24/h1-4,7-9,15,23H,5-6,21H2. The second-order valence-electron chi connectivity index (χ2n) is 5.67. The number of carbonyl (C=O) groups is 1. The lowest BCUT2D eigenvalue weighted by Gasteiger charge is -2.21. The summed E-state index contributed by atoms with van der Waals surface area (Å²) in [5.41, 5.74) is 5.99. The molecule has 1 amide bonds. The number of alkyl halides is 3. The first-order valence-corrected chi connectivity index (χ1v) is 7.32. The van der Waals surface area contributed by atoms with Crippen LogP contribution in [0.3, 0.4) is 0 Å². The molecule has 126 valence electrons. The monoisotopic (exact) mass is 336 g/mol. The molecule has 0 fully saturated rings. The van der Waals surface area contributed by atoms with Gasteiger partial charge >= 0.3 is 6.18 Å². The number of halogens is 3. The molecule has 1 unspecified atom stereocenters. The molecule has 1 heterocycles. The summed E-state index contributed by atoms with van der Waals surface area (Å²) in [7, 11) is 0. The number of nitrogens with two attached hydrogens (primary N) is 1. The van der Waals surface area contributed by atoms with E-state index in [1.807, 2.05) is 0 Å². The Balaban J connectivity index is 1.78. The van der Waals surface area contributed by atoms with Crippen LogP contribution in [0.5, 0.6) is 0 Å². The van der Waals surface area contributed by atoms with Gasteiger partial charge in [0.1, 0.15) is 0 Å². The van der Waals surface area contributed by atoms with Crippen LogP contribution in [0.1, 0.15) is 33.3 Å². The summed E-state index contributed by atoms with van der Waals surface area (Å²) >= 11 is 0. The second kappa shape index (κ2) is 5.83.